The van der Waals surface area contributed by atoms with Crippen LogP contribution in [-0.4, -0.2) is 79.1 Å². The van der Waals surface area contributed by atoms with Gasteiger partial charge < -0.3 is 15.0 Å². The summed E-state index contributed by atoms with van der Waals surface area (Å²) in [5.74, 6) is 0.982. The SMILES string of the molecule is Cl.O=C1CC(NC2CC2)C(=O)N1CCCN1CCN(c2ccccc2OC2CCCC2)CC1. The molecule has 2 aliphatic carbocycles. The maximum absolute atomic E-state index is 12.5. The van der Waals surface area contributed by atoms with Gasteiger partial charge in [0.25, 0.3) is 0 Å². The molecule has 1 atom stereocenters. The highest BCUT2D eigenvalue weighted by atomic mass is 35.5. The minimum absolute atomic E-state index is 0. The Morgan fingerprint density at radius 2 is 1.67 bits per heavy atom. The fraction of sp³-hybridized carbons (Fsp3) is 0.680. The van der Waals surface area contributed by atoms with Crippen molar-refractivity contribution in [1.82, 2.24) is 15.1 Å². The second-order valence-electron chi connectivity index (χ2n) is 9.76. The summed E-state index contributed by atoms with van der Waals surface area (Å²) in [4.78, 5) is 31.2. The van der Waals surface area contributed by atoms with Gasteiger partial charge in [-0.25, -0.2) is 0 Å². The molecule has 2 heterocycles. The van der Waals surface area contributed by atoms with E-state index in [1.165, 1.54) is 36.3 Å². The fourth-order valence-electron chi connectivity index (χ4n) is 5.25. The summed E-state index contributed by atoms with van der Waals surface area (Å²) in [6.07, 6.45) is 8.68. The Kier molecular flexibility index (Phi) is 8.15. The van der Waals surface area contributed by atoms with Gasteiger partial charge in [-0.05, 0) is 63.6 Å². The van der Waals surface area contributed by atoms with Crippen molar-refractivity contribution < 1.29 is 14.3 Å². The van der Waals surface area contributed by atoms with E-state index in [0.717, 1.165) is 57.7 Å². The number of ether oxygens (including phenoxy) is 1. The molecule has 0 radical (unpaired) electrons. The number of hydrogen-bond acceptors (Lipinski definition) is 6. The maximum atomic E-state index is 12.5. The zero-order chi connectivity index (χ0) is 21.9. The number of piperazine rings is 1. The summed E-state index contributed by atoms with van der Waals surface area (Å²) in [5.41, 5.74) is 1.21. The molecule has 0 bridgehead atoms. The summed E-state index contributed by atoms with van der Waals surface area (Å²) in [5, 5.41) is 3.31. The lowest BCUT2D eigenvalue weighted by molar-refractivity contribution is -0.138. The molecule has 1 aromatic rings. The number of nitrogens with zero attached hydrogens (tertiary/aromatic N) is 3. The Hall–Kier alpha value is -1.83. The lowest BCUT2D eigenvalue weighted by atomic mass is 10.2. The van der Waals surface area contributed by atoms with Crippen LogP contribution in [0.15, 0.2) is 24.3 Å². The smallest absolute Gasteiger partial charge is 0.246 e. The number of hydrogen-bond donors (Lipinski definition) is 1. The minimum atomic E-state index is -0.287. The number of benzene rings is 1. The molecular weight excluding hydrogens is 440 g/mol. The van der Waals surface area contributed by atoms with Crippen molar-refractivity contribution in [2.45, 2.75) is 69.6 Å². The van der Waals surface area contributed by atoms with E-state index in [1.807, 2.05) is 0 Å². The van der Waals surface area contributed by atoms with E-state index in [9.17, 15) is 9.59 Å². The zero-order valence-corrected chi connectivity index (χ0v) is 20.2. The lowest BCUT2D eigenvalue weighted by Gasteiger charge is -2.37. The first kappa shape index (κ1) is 24.3. The van der Waals surface area contributed by atoms with E-state index in [2.05, 4.69) is 39.4 Å². The molecule has 0 spiro atoms. The van der Waals surface area contributed by atoms with Gasteiger partial charge in [0.2, 0.25) is 11.8 Å². The molecule has 2 saturated carbocycles. The topological polar surface area (TPSA) is 65.1 Å². The maximum Gasteiger partial charge on any atom is 0.246 e. The van der Waals surface area contributed by atoms with Crippen LogP contribution in [0.4, 0.5) is 5.69 Å². The van der Waals surface area contributed by atoms with Gasteiger partial charge in [0.15, 0.2) is 0 Å². The summed E-state index contributed by atoms with van der Waals surface area (Å²) in [7, 11) is 0. The quantitative estimate of drug-likeness (QED) is 0.553. The number of amides is 2. The average Bonchev–Trinajstić information content (AvgIpc) is 3.40. The molecule has 0 aromatic heterocycles. The fourth-order valence-corrected chi connectivity index (χ4v) is 5.25. The number of imide groups is 1. The van der Waals surface area contributed by atoms with E-state index in [1.54, 1.807) is 0 Å². The van der Waals surface area contributed by atoms with Crippen LogP contribution in [0, 0.1) is 0 Å². The van der Waals surface area contributed by atoms with E-state index >= 15 is 0 Å². The number of nitrogens with one attached hydrogen (secondary N) is 1. The molecule has 2 amide bonds. The van der Waals surface area contributed by atoms with Gasteiger partial charge in [-0.2, -0.15) is 0 Å². The molecule has 8 heteroatoms. The average molecular weight is 477 g/mol. The molecule has 2 aliphatic heterocycles. The second kappa shape index (κ2) is 11.1. The third-order valence-corrected chi connectivity index (χ3v) is 7.29. The summed E-state index contributed by atoms with van der Waals surface area (Å²) in [6, 6.07) is 8.60. The first-order valence-electron chi connectivity index (χ1n) is 12.5. The zero-order valence-electron chi connectivity index (χ0n) is 19.4. The molecule has 182 valence electrons. The van der Waals surface area contributed by atoms with E-state index in [-0.39, 0.29) is 30.3 Å². The highest BCUT2D eigenvalue weighted by Gasteiger charge is 2.40. The Labute approximate surface area is 203 Å². The van der Waals surface area contributed by atoms with Gasteiger partial charge in [0.1, 0.15) is 5.75 Å². The normalized spacial score (nSPS) is 24.4. The molecule has 7 nitrogen and oxygen atoms in total. The van der Waals surface area contributed by atoms with Crippen LogP contribution < -0.4 is 15.0 Å². The third kappa shape index (κ3) is 6.00. The van der Waals surface area contributed by atoms with Crippen molar-refractivity contribution in [3.63, 3.8) is 0 Å². The predicted octanol–water partition coefficient (Wildman–Crippen LogP) is 2.82. The number of anilines is 1. The van der Waals surface area contributed by atoms with Crippen LogP contribution in [0.2, 0.25) is 0 Å². The van der Waals surface area contributed by atoms with Gasteiger partial charge in [-0.15, -0.1) is 12.4 Å². The number of carbonyl (C=O) groups is 2. The highest BCUT2D eigenvalue weighted by Crippen LogP contribution is 2.32. The van der Waals surface area contributed by atoms with Crippen LogP contribution >= 0.6 is 12.4 Å². The van der Waals surface area contributed by atoms with Crippen LogP contribution in [-0.2, 0) is 9.59 Å². The lowest BCUT2D eigenvalue weighted by Crippen LogP contribution is -2.47. The molecule has 4 aliphatic rings. The van der Waals surface area contributed by atoms with Gasteiger partial charge >= 0.3 is 0 Å². The highest BCUT2D eigenvalue weighted by molar-refractivity contribution is 6.05. The van der Waals surface area contributed by atoms with Crippen molar-refractivity contribution in [3.8, 4) is 5.75 Å². The van der Waals surface area contributed by atoms with Crippen molar-refractivity contribution in [1.29, 1.82) is 0 Å². The molecule has 5 rings (SSSR count). The summed E-state index contributed by atoms with van der Waals surface area (Å²) >= 11 is 0. The number of likely N-dealkylation sites (tertiary alicyclic amines) is 1. The van der Waals surface area contributed by atoms with Crippen molar-refractivity contribution >= 4 is 29.9 Å². The Morgan fingerprint density at radius 1 is 0.939 bits per heavy atom. The summed E-state index contributed by atoms with van der Waals surface area (Å²) < 4.78 is 6.34. The number of rotatable bonds is 9. The standard InChI is InChI=1S/C25H36N4O3.ClH/c30-24-18-21(26-19-10-11-19)25(31)29(24)13-5-12-27-14-16-28(17-15-27)22-8-3-4-9-23(22)32-20-6-1-2-7-20;/h3-4,8-9,19-21,26H,1-2,5-7,10-18H2;1H. The van der Waals surface area contributed by atoms with Gasteiger partial charge in [-0.1, -0.05) is 12.1 Å². The Bertz CT molecular complexity index is 820. The van der Waals surface area contributed by atoms with Crippen molar-refractivity contribution in [2.24, 2.45) is 0 Å². The minimum Gasteiger partial charge on any atom is -0.488 e. The number of para-hydroxylation sites is 2. The first-order chi connectivity index (χ1) is 15.7. The molecule has 2 saturated heterocycles. The van der Waals surface area contributed by atoms with Crippen molar-refractivity contribution in [2.75, 3.05) is 44.2 Å². The van der Waals surface area contributed by atoms with Gasteiger partial charge in [0, 0.05) is 38.8 Å². The molecule has 1 aromatic carbocycles. The molecule has 33 heavy (non-hydrogen) atoms. The van der Waals surface area contributed by atoms with Crippen LogP contribution in [0.1, 0.15) is 51.4 Å². The number of carbonyl (C=O) groups excluding carboxylic acids is 2. The predicted molar refractivity (Wildman–Crippen MR) is 131 cm³/mol. The molecule has 1 unspecified atom stereocenters. The van der Waals surface area contributed by atoms with E-state index in [4.69, 9.17) is 4.74 Å². The third-order valence-electron chi connectivity index (χ3n) is 7.29. The largest absolute Gasteiger partial charge is 0.488 e. The molecule has 1 N–H and O–H groups in total. The van der Waals surface area contributed by atoms with Gasteiger partial charge in [-0.3, -0.25) is 19.4 Å². The first-order valence-corrected chi connectivity index (χ1v) is 12.5. The molecular formula is C25H37ClN4O3. The van der Waals surface area contributed by atoms with Crippen molar-refractivity contribution in [3.05, 3.63) is 24.3 Å². The number of halogens is 1. The van der Waals surface area contributed by atoms with Crippen LogP contribution in [0.3, 0.4) is 0 Å². The van der Waals surface area contributed by atoms with Crippen LogP contribution in [0.25, 0.3) is 0 Å². The van der Waals surface area contributed by atoms with Gasteiger partial charge in [0.05, 0.1) is 24.3 Å². The van der Waals surface area contributed by atoms with Crippen LogP contribution in [0.5, 0.6) is 5.75 Å². The monoisotopic (exact) mass is 476 g/mol. The summed E-state index contributed by atoms with van der Waals surface area (Å²) in [6.45, 7) is 5.39. The van der Waals surface area contributed by atoms with E-state index < -0.39 is 0 Å². The Balaban J connectivity index is 0.00000259. The Morgan fingerprint density at radius 3 is 2.39 bits per heavy atom. The second-order valence-corrected chi connectivity index (χ2v) is 9.76. The van der Waals surface area contributed by atoms with E-state index in [0.29, 0.717) is 25.1 Å². The molecule has 4 fully saturated rings.